The van der Waals surface area contributed by atoms with Gasteiger partial charge in [-0.25, -0.2) is 9.97 Å². The highest BCUT2D eigenvalue weighted by molar-refractivity contribution is 6.29. The Morgan fingerprint density at radius 3 is 2.65 bits per heavy atom. The Morgan fingerprint density at radius 2 is 1.95 bits per heavy atom. The lowest BCUT2D eigenvalue weighted by Crippen LogP contribution is -2.07. The van der Waals surface area contributed by atoms with Crippen LogP contribution >= 0.6 is 11.6 Å². The minimum Gasteiger partial charge on any atom is -0.490 e. The van der Waals surface area contributed by atoms with Crippen molar-refractivity contribution in [2.45, 2.75) is 38.7 Å². The quantitative estimate of drug-likeness (QED) is 0.779. The maximum Gasteiger partial charge on any atom is 0.133 e. The summed E-state index contributed by atoms with van der Waals surface area (Å²) in [7, 11) is 0. The van der Waals surface area contributed by atoms with Gasteiger partial charge in [0, 0.05) is 17.5 Å². The number of halogens is 1. The second-order valence-corrected chi connectivity index (χ2v) is 5.76. The van der Waals surface area contributed by atoms with Crippen LogP contribution in [0.5, 0.6) is 5.75 Å². The first-order chi connectivity index (χ1) is 9.63. The van der Waals surface area contributed by atoms with E-state index in [-0.39, 0.29) is 6.10 Å². The second kappa shape index (κ2) is 5.41. The third-order valence-electron chi connectivity index (χ3n) is 3.18. The molecule has 0 spiro atoms. The summed E-state index contributed by atoms with van der Waals surface area (Å²) in [6.07, 6.45) is 2.43. The van der Waals surface area contributed by atoms with E-state index < -0.39 is 0 Å². The molecule has 0 bridgehead atoms. The van der Waals surface area contributed by atoms with Crippen molar-refractivity contribution in [3.05, 3.63) is 41.3 Å². The summed E-state index contributed by atoms with van der Waals surface area (Å²) in [5, 5.41) is 0.497. The zero-order valence-corrected chi connectivity index (χ0v) is 12.4. The van der Waals surface area contributed by atoms with E-state index in [9.17, 15) is 0 Å². The highest BCUT2D eigenvalue weighted by Gasteiger charge is 2.27. The van der Waals surface area contributed by atoms with Crippen LogP contribution in [0.15, 0.2) is 30.3 Å². The SMILES string of the molecule is CC(C)Oc1ccccc1-c1cc(Cl)nc(C2CC2)n1. The third kappa shape index (κ3) is 2.93. The van der Waals surface area contributed by atoms with E-state index in [0.29, 0.717) is 11.1 Å². The highest BCUT2D eigenvalue weighted by atomic mass is 35.5. The molecular weight excluding hydrogens is 272 g/mol. The fraction of sp³-hybridized carbons (Fsp3) is 0.375. The topological polar surface area (TPSA) is 35.0 Å². The Balaban J connectivity index is 2.04. The summed E-state index contributed by atoms with van der Waals surface area (Å²) >= 11 is 6.14. The summed E-state index contributed by atoms with van der Waals surface area (Å²) in [5.41, 5.74) is 1.80. The zero-order chi connectivity index (χ0) is 14.1. The molecule has 0 atom stereocenters. The van der Waals surface area contributed by atoms with Gasteiger partial charge >= 0.3 is 0 Å². The number of para-hydroxylation sites is 1. The van der Waals surface area contributed by atoms with Gasteiger partial charge in [0.1, 0.15) is 16.7 Å². The maximum absolute atomic E-state index is 6.14. The number of aromatic nitrogens is 2. The predicted octanol–water partition coefficient (Wildman–Crippen LogP) is 4.46. The first kappa shape index (κ1) is 13.4. The molecule has 1 fully saturated rings. The summed E-state index contributed by atoms with van der Waals surface area (Å²) in [4.78, 5) is 8.98. The van der Waals surface area contributed by atoms with Gasteiger partial charge in [0.15, 0.2) is 0 Å². The number of hydrogen-bond donors (Lipinski definition) is 0. The Morgan fingerprint density at radius 1 is 1.20 bits per heavy atom. The Hall–Kier alpha value is -1.61. The Bertz CT molecular complexity index is 624. The summed E-state index contributed by atoms with van der Waals surface area (Å²) < 4.78 is 5.85. The van der Waals surface area contributed by atoms with Gasteiger partial charge in [0.2, 0.25) is 0 Å². The van der Waals surface area contributed by atoms with Gasteiger partial charge in [-0.1, -0.05) is 23.7 Å². The van der Waals surface area contributed by atoms with Crippen molar-refractivity contribution in [1.29, 1.82) is 0 Å². The van der Waals surface area contributed by atoms with Crippen molar-refractivity contribution >= 4 is 11.6 Å². The molecule has 2 aromatic rings. The number of rotatable bonds is 4. The van der Waals surface area contributed by atoms with E-state index in [1.54, 1.807) is 6.07 Å². The molecule has 0 aliphatic heterocycles. The van der Waals surface area contributed by atoms with E-state index in [4.69, 9.17) is 16.3 Å². The largest absolute Gasteiger partial charge is 0.490 e. The van der Waals surface area contributed by atoms with Gasteiger partial charge in [0.05, 0.1) is 11.8 Å². The fourth-order valence-electron chi connectivity index (χ4n) is 2.13. The molecule has 0 N–H and O–H groups in total. The minimum absolute atomic E-state index is 0.122. The molecule has 20 heavy (non-hydrogen) atoms. The molecule has 104 valence electrons. The summed E-state index contributed by atoms with van der Waals surface area (Å²) in [6.45, 7) is 4.03. The van der Waals surface area contributed by atoms with E-state index in [1.807, 2.05) is 38.1 Å². The molecule has 1 aliphatic rings. The average molecular weight is 289 g/mol. The normalized spacial score (nSPS) is 14.6. The number of ether oxygens (including phenoxy) is 1. The van der Waals surface area contributed by atoms with Gasteiger partial charge in [0.25, 0.3) is 0 Å². The van der Waals surface area contributed by atoms with Crippen LogP contribution in [0.25, 0.3) is 11.3 Å². The van der Waals surface area contributed by atoms with Crippen LogP contribution < -0.4 is 4.74 Å². The lowest BCUT2D eigenvalue weighted by Gasteiger charge is -2.14. The number of hydrogen-bond acceptors (Lipinski definition) is 3. The van der Waals surface area contributed by atoms with E-state index in [0.717, 1.165) is 35.7 Å². The summed E-state index contributed by atoms with van der Waals surface area (Å²) in [6, 6.07) is 9.71. The Labute approximate surface area is 124 Å². The molecule has 1 aromatic heterocycles. The number of benzene rings is 1. The molecule has 0 saturated heterocycles. The van der Waals surface area contributed by atoms with E-state index in [2.05, 4.69) is 9.97 Å². The van der Waals surface area contributed by atoms with E-state index >= 15 is 0 Å². The highest BCUT2D eigenvalue weighted by Crippen LogP contribution is 2.40. The van der Waals surface area contributed by atoms with Crippen molar-refractivity contribution in [1.82, 2.24) is 9.97 Å². The van der Waals surface area contributed by atoms with Crippen LogP contribution in [0.1, 0.15) is 38.4 Å². The molecule has 0 unspecified atom stereocenters. The average Bonchev–Trinajstić information content (AvgIpc) is 3.22. The third-order valence-corrected chi connectivity index (χ3v) is 3.37. The Kier molecular flexibility index (Phi) is 3.62. The molecule has 4 heteroatoms. The lowest BCUT2D eigenvalue weighted by atomic mass is 10.1. The molecule has 3 rings (SSSR count). The molecule has 1 aromatic carbocycles. The van der Waals surface area contributed by atoms with Crippen LogP contribution in [0.2, 0.25) is 5.15 Å². The first-order valence-electron chi connectivity index (χ1n) is 6.94. The van der Waals surface area contributed by atoms with Crippen molar-refractivity contribution in [2.24, 2.45) is 0 Å². The molecule has 0 amide bonds. The van der Waals surface area contributed by atoms with Crippen molar-refractivity contribution in [3.63, 3.8) is 0 Å². The molecule has 1 saturated carbocycles. The molecular formula is C16H17ClN2O. The van der Waals surface area contributed by atoms with Gasteiger partial charge < -0.3 is 4.74 Å². The van der Waals surface area contributed by atoms with Crippen molar-refractivity contribution < 1.29 is 4.74 Å². The molecule has 1 aliphatic carbocycles. The van der Waals surface area contributed by atoms with Gasteiger partial charge in [-0.15, -0.1) is 0 Å². The fourth-order valence-corrected chi connectivity index (χ4v) is 2.32. The lowest BCUT2D eigenvalue weighted by molar-refractivity contribution is 0.243. The van der Waals surface area contributed by atoms with E-state index in [1.165, 1.54) is 0 Å². The molecule has 0 radical (unpaired) electrons. The predicted molar refractivity (Wildman–Crippen MR) is 80.2 cm³/mol. The van der Waals surface area contributed by atoms with Gasteiger partial charge in [-0.05, 0) is 38.8 Å². The second-order valence-electron chi connectivity index (χ2n) is 5.37. The van der Waals surface area contributed by atoms with Crippen LogP contribution in [-0.2, 0) is 0 Å². The molecule has 3 nitrogen and oxygen atoms in total. The zero-order valence-electron chi connectivity index (χ0n) is 11.6. The van der Waals surface area contributed by atoms with Crippen LogP contribution in [0.4, 0.5) is 0 Å². The van der Waals surface area contributed by atoms with Gasteiger partial charge in [-0.2, -0.15) is 0 Å². The first-order valence-corrected chi connectivity index (χ1v) is 7.32. The minimum atomic E-state index is 0.122. The van der Waals surface area contributed by atoms with Crippen LogP contribution in [0.3, 0.4) is 0 Å². The summed E-state index contributed by atoms with van der Waals surface area (Å²) in [5.74, 6) is 2.16. The monoisotopic (exact) mass is 288 g/mol. The standard InChI is InChI=1S/C16H17ClN2O/c1-10(2)20-14-6-4-3-5-12(14)13-9-15(17)19-16(18-13)11-7-8-11/h3-6,9-11H,7-8H2,1-2H3. The van der Waals surface area contributed by atoms with Crippen molar-refractivity contribution in [3.8, 4) is 17.0 Å². The number of nitrogens with zero attached hydrogens (tertiary/aromatic N) is 2. The van der Waals surface area contributed by atoms with Crippen LogP contribution in [-0.4, -0.2) is 16.1 Å². The van der Waals surface area contributed by atoms with Crippen LogP contribution in [0, 0.1) is 0 Å². The van der Waals surface area contributed by atoms with Crippen molar-refractivity contribution in [2.75, 3.05) is 0 Å². The smallest absolute Gasteiger partial charge is 0.133 e. The molecule has 1 heterocycles. The van der Waals surface area contributed by atoms with Gasteiger partial charge in [-0.3, -0.25) is 0 Å². The maximum atomic E-state index is 6.14.